The molecule has 4 nitrogen and oxygen atoms in total. The van der Waals surface area contributed by atoms with Crippen molar-refractivity contribution in [3.05, 3.63) is 16.6 Å². The molecule has 86 valence electrons. The van der Waals surface area contributed by atoms with Crippen LogP contribution in [0.4, 0.5) is 0 Å². The van der Waals surface area contributed by atoms with E-state index in [4.69, 9.17) is 4.74 Å². The fourth-order valence-electron chi connectivity index (χ4n) is 1.22. The summed E-state index contributed by atoms with van der Waals surface area (Å²) in [5, 5.41) is 0. The molecule has 0 bridgehead atoms. The normalized spacial score (nSPS) is 11.9. The first-order valence-electron chi connectivity index (χ1n) is 4.26. The van der Waals surface area contributed by atoms with Crippen LogP contribution in [-0.2, 0) is 9.84 Å². The van der Waals surface area contributed by atoms with E-state index >= 15 is 0 Å². The van der Waals surface area contributed by atoms with Gasteiger partial charge < -0.3 is 4.74 Å². The molecule has 0 aliphatic rings. The Labute approximate surface area is 105 Å². The van der Waals surface area contributed by atoms with Gasteiger partial charge >= 0.3 is 0 Å². The number of hydrogen-bond donors (Lipinski definition) is 0. The van der Waals surface area contributed by atoms with E-state index in [0.717, 1.165) is 26.8 Å². The van der Waals surface area contributed by atoms with Gasteiger partial charge in [0.05, 0.1) is 21.8 Å². The predicted octanol–water partition coefficient (Wildman–Crippen LogP) is 2.47. The summed E-state index contributed by atoms with van der Waals surface area (Å²) in [6.45, 7) is 0. The lowest BCUT2D eigenvalue weighted by Gasteiger charge is -2.01. The highest BCUT2D eigenvalue weighted by atomic mass is 79.9. The summed E-state index contributed by atoms with van der Waals surface area (Å²) in [5.74, 6) is 0.637. The lowest BCUT2D eigenvalue weighted by atomic mass is 10.3. The van der Waals surface area contributed by atoms with Crippen LogP contribution in [0.5, 0.6) is 5.75 Å². The number of methoxy groups -OCH3 is 1. The second kappa shape index (κ2) is 3.97. The number of nitrogens with zero attached hydrogens (tertiary/aromatic N) is 1. The first kappa shape index (κ1) is 11.8. The summed E-state index contributed by atoms with van der Waals surface area (Å²) >= 11 is 4.49. The van der Waals surface area contributed by atoms with Crippen molar-refractivity contribution in [3.8, 4) is 5.75 Å². The van der Waals surface area contributed by atoms with Crippen molar-refractivity contribution >= 4 is 47.3 Å². The Hall–Kier alpha value is -0.660. The van der Waals surface area contributed by atoms with Gasteiger partial charge in [0.15, 0.2) is 0 Å². The minimum Gasteiger partial charge on any atom is -0.495 e. The number of halogens is 1. The average molecular weight is 322 g/mol. The molecule has 0 atom stereocenters. The van der Waals surface area contributed by atoms with Crippen LogP contribution in [0.3, 0.4) is 0 Å². The maximum Gasteiger partial charge on any atom is 0.210 e. The minimum atomic E-state index is -3.25. The maximum atomic E-state index is 11.3. The van der Waals surface area contributed by atoms with Gasteiger partial charge in [0.2, 0.25) is 14.2 Å². The Morgan fingerprint density at radius 3 is 2.69 bits per heavy atom. The number of hydrogen-bond acceptors (Lipinski definition) is 5. The molecule has 0 fully saturated rings. The third-order valence-electron chi connectivity index (χ3n) is 1.96. The molecule has 2 rings (SSSR count). The first-order valence-corrected chi connectivity index (χ1v) is 7.76. The van der Waals surface area contributed by atoms with Crippen molar-refractivity contribution in [2.45, 2.75) is 4.34 Å². The van der Waals surface area contributed by atoms with Crippen LogP contribution in [0.1, 0.15) is 0 Å². The van der Waals surface area contributed by atoms with Gasteiger partial charge in [-0.1, -0.05) is 0 Å². The number of aromatic nitrogens is 1. The molecule has 0 N–H and O–H groups in total. The third kappa shape index (κ3) is 2.07. The molecule has 0 unspecified atom stereocenters. The smallest absolute Gasteiger partial charge is 0.210 e. The van der Waals surface area contributed by atoms with E-state index in [2.05, 4.69) is 20.9 Å². The summed E-state index contributed by atoms with van der Waals surface area (Å²) in [4.78, 5) is 4.06. The molecule has 7 heteroatoms. The van der Waals surface area contributed by atoms with Crippen molar-refractivity contribution in [1.29, 1.82) is 0 Å². The van der Waals surface area contributed by atoms with E-state index in [1.54, 1.807) is 19.2 Å². The molecule has 0 aliphatic heterocycles. The Balaban J connectivity index is 2.72. The summed E-state index contributed by atoms with van der Waals surface area (Å²) < 4.78 is 29.5. The Bertz CT molecular complexity index is 648. The molecule has 0 spiro atoms. The molecule has 0 saturated heterocycles. The zero-order chi connectivity index (χ0) is 11.9. The standard InChI is InChI=1S/C9H8BrNO3S2/c1-14-7-4-6-8(3-5(7)10)15-9(11-6)16(2,12)13/h3-4H,1-2H3. The maximum absolute atomic E-state index is 11.3. The summed E-state index contributed by atoms with van der Waals surface area (Å²) in [5.41, 5.74) is 0.630. The van der Waals surface area contributed by atoms with E-state index in [0.29, 0.717) is 11.3 Å². The molecule has 0 aliphatic carbocycles. The van der Waals surface area contributed by atoms with Crippen molar-refractivity contribution < 1.29 is 13.2 Å². The first-order chi connectivity index (χ1) is 7.41. The Morgan fingerprint density at radius 2 is 2.12 bits per heavy atom. The Morgan fingerprint density at radius 1 is 1.44 bits per heavy atom. The lowest BCUT2D eigenvalue weighted by Crippen LogP contribution is -1.94. The van der Waals surface area contributed by atoms with Gasteiger partial charge in [-0.2, -0.15) is 0 Å². The van der Waals surface area contributed by atoms with E-state index in [1.807, 2.05) is 0 Å². The van der Waals surface area contributed by atoms with Gasteiger partial charge in [0.1, 0.15) is 5.75 Å². The van der Waals surface area contributed by atoms with Crippen LogP contribution >= 0.6 is 27.3 Å². The predicted molar refractivity (Wildman–Crippen MR) is 67.0 cm³/mol. The fourth-order valence-corrected chi connectivity index (χ4v) is 3.74. The van der Waals surface area contributed by atoms with Crippen LogP contribution in [0.2, 0.25) is 0 Å². The second-order valence-electron chi connectivity index (χ2n) is 3.21. The largest absolute Gasteiger partial charge is 0.495 e. The number of thiazole rings is 1. The van der Waals surface area contributed by atoms with Gasteiger partial charge in [-0.25, -0.2) is 13.4 Å². The van der Waals surface area contributed by atoms with E-state index in [-0.39, 0.29) is 4.34 Å². The monoisotopic (exact) mass is 321 g/mol. The zero-order valence-corrected chi connectivity index (χ0v) is 11.7. The Kier molecular flexibility index (Phi) is 2.93. The van der Waals surface area contributed by atoms with E-state index < -0.39 is 9.84 Å². The van der Waals surface area contributed by atoms with Gasteiger partial charge in [-0.3, -0.25) is 0 Å². The number of fused-ring (bicyclic) bond motifs is 1. The van der Waals surface area contributed by atoms with Crippen molar-refractivity contribution in [2.75, 3.05) is 13.4 Å². The van der Waals surface area contributed by atoms with Crippen LogP contribution in [0, 0.1) is 0 Å². The number of sulfone groups is 1. The zero-order valence-electron chi connectivity index (χ0n) is 8.52. The summed E-state index contributed by atoms with van der Waals surface area (Å²) in [6.07, 6.45) is 1.15. The highest BCUT2D eigenvalue weighted by Crippen LogP contribution is 2.34. The van der Waals surface area contributed by atoms with E-state index in [9.17, 15) is 8.42 Å². The third-order valence-corrected chi connectivity index (χ3v) is 5.28. The molecule has 1 aromatic heterocycles. The molecular formula is C9H8BrNO3S2. The highest BCUT2D eigenvalue weighted by Gasteiger charge is 2.15. The van der Waals surface area contributed by atoms with Crippen molar-refractivity contribution in [3.63, 3.8) is 0 Å². The average Bonchev–Trinajstić information content (AvgIpc) is 2.58. The van der Waals surface area contributed by atoms with Crippen LogP contribution < -0.4 is 4.74 Å². The molecule has 0 radical (unpaired) electrons. The highest BCUT2D eigenvalue weighted by molar-refractivity contribution is 9.10. The van der Waals surface area contributed by atoms with E-state index in [1.165, 1.54) is 0 Å². The SMILES string of the molecule is COc1cc2nc(S(C)(=O)=O)sc2cc1Br. The second-order valence-corrected chi connectivity index (χ2v) is 7.28. The molecule has 16 heavy (non-hydrogen) atoms. The molecule has 2 aromatic rings. The molecule has 0 amide bonds. The minimum absolute atomic E-state index is 0.127. The van der Waals surface area contributed by atoms with Gasteiger partial charge in [-0.05, 0) is 22.0 Å². The summed E-state index contributed by atoms with van der Waals surface area (Å²) in [6, 6.07) is 3.52. The number of rotatable bonds is 2. The molecule has 0 saturated carbocycles. The lowest BCUT2D eigenvalue weighted by molar-refractivity contribution is 0.413. The summed E-state index contributed by atoms with van der Waals surface area (Å²) in [7, 11) is -1.69. The van der Waals surface area contributed by atoms with Crippen LogP contribution in [0.15, 0.2) is 20.9 Å². The van der Waals surface area contributed by atoms with Gasteiger partial charge in [-0.15, -0.1) is 11.3 Å². The number of ether oxygens (including phenoxy) is 1. The van der Waals surface area contributed by atoms with Crippen molar-refractivity contribution in [2.24, 2.45) is 0 Å². The van der Waals surface area contributed by atoms with Gasteiger partial charge in [0.25, 0.3) is 0 Å². The van der Waals surface area contributed by atoms with Crippen LogP contribution in [0.25, 0.3) is 10.2 Å². The number of benzene rings is 1. The van der Waals surface area contributed by atoms with Gasteiger partial charge in [0, 0.05) is 12.3 Å². The molecule has 1 heterocycles. The quantitative estimate of drug-likeness (QED) is 0.852. The van der Waals surface area contributed by atoms with Crippen molar-refractivity contribution in [1.82, 2.24) is 4.98 Å². The fraction of sp³-hybridized carbons (Fsp3) is 0.222. The van der Waals surface area contributed by atoms with Crippen LogP contribution in [-0.4, -0.2) is 26.8 Å². The molecule has 1 aromatic carbocycles. The molecular weight excluding hydrogens is 314 g/mol. The topological polar surface area (TPSA) is 56.3 Å².